The van der Waals surface area contributed by atoms with Crippen molar-refractivity contribution in [3.05, 3.63) is 107 Å². The second kappa shape index (κ2) is 9.15. The summed E-state index contributed by atoms with van der Waals surface area (Å²) in [6.07, 6.45) is 0.915. The van der Waals surface area contributed by atoms with E-state index in [1.54, 1.807) is 12.1 Å². The van der Waals surface area contributed by atoms with Gasteiger partial charge in [0.25, 0.3) is 0 Å². The molecule has 3 aromatic carbocycles. The van der Waals surface area contributed by atoms with Crippen LogP contribution >= 0.6 is 0 Å². The van der Waals surface area contributed by atoms with Crippen molar-refractivity contribution < 1.29 is 9.18 Å². The first-order chi connectivity index (χ1) is 13.9. The van der Waals surface area contributed by atoms with Crippen LogP contribution in [-0.2, 0) is 16.6 Å². The van der Waals surface area contributed by atoms with Gasteiger partial charge in [0.1, 0.15) is 5.82 Å². The second-order valence-electron chi connectivity index (χ2n) is 7.88. The Morgan fingerprint density at radius 2 is 1.34 bits per heavy atom. The second-order valence-corrected chi connectivity index (χ2v) is 7.88. The Morgan fingerprint density at radius 3 is 1.79 bits per heavy atom. The average molecular weight is 390 g/mol. The molecule has 3 heteroatoms. The normalized spacial score (nSPS) is 12.7. The summed E-state index contributed by atoms with van der Waals surface area (Å²) in [5.41, 5.74) is 2.03. The predicted molar refractivity (Wildman–Crippen MR) is 117 cm³/mol. The lowest BCUT2D eigenvalue weighted by atomic mass is 9.66. The molecular formula is C26H28FNO. The van der Waals surface area contributed by atoms with Gasteiger partial charge in [-0.1, -0.05) is 72.8 Å². The standard InChI is InChI=1S/C26H28FNO/c1-20(28(2)3)19-26(22-10-6-4-7-11-22,23-12-8-5-9-13-23)25(29)18-21-14-16-24(27)17-15-21/h4-17,20H,18-19H2,1-3H3/t20-/m0/s1. The van der Waals surface area contributed by atoms with E-state index in [2.05, 4.69) is 11.8 Å². The minimum absolute atomic E-state index is 0.121. The summed E-state index contributed by atoms with van der Waals surface area (Å²) in [7, 11) is 4.08. The number of benzene rings is 3. The minimum Gasteiger partial charge on any atom is -0.307 e. The maximum atomic E-state index is 14.0. The van der Waals surface area contributed by atoms with Crippen molar-refractivity contribution in [2.24, 2.45) is 0 Å². The SMILES string of the molecule is C[C@@H](CC(C(=O)Cc1ccc(F)cc1)(c1ccccc1)c1ccccc1)N(C)C. The lowest BCUT2D eigenvalue weighted by Crippen LogP contribution is -2.44. The van der Waals surface area contributed by atoms with Crippen molar-refractivity contribution in [3.63, 3.8) is 0 Å². The summed E-state index contributed by atoms with van der Waals surface area (Å²) in [5, 5.41) is 0. The maximum absolute atomic E-state index is 14.0. The molecule has 0 unspecified atom stereocenters. The fraction of sp³-hybridized carbons (Fsp3) is 0.269. The van der Waals surface area contributed by atoms with Gasteiger partial charge < -0.3 is 4.90 Å². The molecule has 3 rings (SSSR count). The minimum atomic E-state index is -0.777. The number of carbonyl (C=O) groups is 1. The largest absolute Gasteiger partial charge is 0.307 e. The van der Waals surface area contributed by atoms with E-state index in [0.717, 1.165) is 16.7 Å². The molecular weight excluding hydrogens is 361 g/mol. The van der Waals surface area contributed by atoms with Crippen molar-refractivity contribution in [1.29, 1.82) is 0 Å². The van der Waals surface area contributed by atoms with Crippen molar-refractivity contribution >= 4 is 5.78 Å². The van der Waals surface area contributed by atoms with Gasteiger partial charge in [-0.2, -0.15) is 0 Å². The fourth-order valence-corrected chi connectivity index (χ4v) is 3.85. The molecule has 0 N–H and O–H groups in total. The van der Waals surface area contributed by atoms with E-state index in [1.165, 1.54) is 12.1 Å². The number of nitrogens with zero attached hydrogens (tertiary/aromatic N) is 1. The number of halogens is 1. The smallest absolute Gasteiger partial charge is 0.152 e. The average Bonchev–Trinajstić information content (AvgIpc) is 2.74. The molecule has 0 aliphatic heterocycles. The van der Waals surface area contributed by atoms with E-state index in [9.17, 15) is 9.18 Å². The molecule has 0 bridgehead atoms. The molecule has 150 valence electrons. The number of ketones is 1. The predicted octanol–water partition coefficient (Wildman–Crippen LogP) is 5.26. The van der Waals surface area contributed by atoms with Crippen LogP contribution in [0.15, 0.2) is 84.9 Å². The van der Waals surface area contributed by atoms with Crippen LogP contribution in [0.25, 0.3) is 0 Å². The van der Waals surface area contributed by atoms with E-state index >= 15 is 0 Å². The van der Waals surface area contributed by atoms with Crippen LogP contribution in [0.3, 0.4) is 0 Å². The van der Waals surface area contributed by atoms with Gasteiger partial charge in [0.15, 0.2) is 5.78 Å². The maximum Gasteiger partial charge on any atom is 0.152 e. The molecule has 0 aliphatic carbocycles. The van der Waals surface area contributed by atoms with E-state index in [4.69, 9.17) is 0 Å². The lowest BCUT2D eigenvalue weighted by Gasteiger charge is -2.38. The Hall–Kier alpha value is -2.78. The molecule has 0 amide bonds. The van der Waals surface area contributed by atoms with E-state index < -0.39 is 5.41 Å². The van der Waals surface area contributed by atoms with Crippen molar-refractivity contribution in [3.8, 4) is 0 Å². The van der Waals surface area contributed by atoms with Crippen LogP contribution in [0.2, 0.25) is 0 Å². The first-order valence-corrected chi connectivity index (χ1v) is 9.98. The lowest BCUT2D eigenvalue weighted by molar-refractivity contribution is -0.123. The summed E-state index contributed by atoms with van der Waals surface area (Å²) in [6, 6.07) is 26.5. The van der Waals surface area contributed by atoms with Crippen LogP contribution in [0.4, 0.5) is 4.39 Å². The van der Waals surface area contributed by atoms with E-state index in [0.29, 0.717) is 6.42 Å². The van der Waals surface area contributed by atoms with Crippen molar-refractivity contribution in [2.45, 2.75) is 31.2 Å². The molecule has 0 fully saturated rings. The molecule has 2 nitrogen and oxygen atoms in total. The molecule has 0 aromatic heterocycles. The van der Waals surface area contributed by atoms with Crippen LogP contribution < -0.4 is 0 Å². The third-order valence-corrected chi connectivity index (χ3v) is 5.77. The number of hydrogen-bond donors (Lipinski definition) is 0. The first-order valence-electron chi connectivity index (χ1n) is 9.98. The van der Waals surface area contributed by atoms with Gasteiger partial charge in [-0.3, -0.25) is 4.79 Å². The Kier molecular flexibility index (Phi) is 6.60. The quantitative estimate of drug-likeness (QED) is 0.523. The third-order valence-electron chi connectivity index (χ3n) is 5.77. The van der Waals surface area contributed by atoms with Crippen molar-refractivity contribution in [1.82, 2.24) is 4.90 Å². The summed E-state index contributed by atoms with van der Waals surface area (Å²) < 4.78 is 13.4. The Labute approximate surface area is 173 Å². The first kappa shape index (κ1) is 20.9. The summed E-state index contributed by atoms with van der Waals surface area (Å²) in [5.74, 6) is -0.171. The fourth-order valence-electron chi connectivity index (χ4n) is 3.85. The van der Waals surface area contributed by atoms with E-state index in [1.807, 2.05) is 74.8 Å². The van der Waals surface area contributed by atoms with Crippen molar-refractivity contribution in [2.75, 3.05) is 14.1 Å². The van der Waals surface area contributed by atoms with Crippen LogP contribution in [0, 0.1) is 5.82 Å². The van der Waals surface area contributed by atoms with Gasteiger partial charge in [-0.25, -0.2) is 4.39 Å². The third kappa shape index (κ3) is 4.63. The highest BCUT2D eigenvalue weighted by Gasteiger charge is 2.42. The Morgan fingerprint density at radius 1 is 0.862 bits per heavy atom. The number of hydrogen-bond acceptors (Lipinski definition) is 2. The molecule has 0 radical (unpaired) electrons. The molecule has 1 atom stereocenters. The van der Waals surface area contributed by atoms with Gasteiger partial charge in [-0.15, -0.1) is 0 Å². The summed E-state index contributed by atoms with van der Waals surface area (Å²) in [6.45, 7) is 2.14. The molecule has 0 aliphatic rings. The van der Waals surface area contributed by atoms with Crippen LogP contribution in [-0.4, -0.2) is 30.8 Å². The molecule has 3 aromatic rings. The topological polar surface area (TPSA) is 20.3 Å². The molecule has 0 heterocycles. The zero-order valence-corrected chi connectivity index (χ0v) is 17.3. The summed E-state index contributed by atoms with van der Waals surface area (Å²) >= 11 is 0. The van der Waals surface area contributed by atoms with Crippen LogP contribution in [0.5, 0.6) is 0 Å². The van der Waals surface area contributed by atoms with Crippen LogP contribution in [0.1, 0.15) is 30.0 Å². The number of carbonyl (C=O) groups excluding carboxylic acids is 1. The van der Waals surface area contributed by atoms with Gasteiger partial charge in [-0.05, 0) is 56.3 Å². The Balaban J connectivity index is 2.14. The van der Waals surface area contributed by atoms with Gasteiger partial charge >= 0.3 is 0 Å². The Bertz CT molecular complexity index is 880. The highest BCUT2D eigenvalue weighted by Crippen LogP contribution is 2.39. The van der Waals surface area contributed by atoms with Gasteiger partial charge in [0.05, 0.1) is 5.41 Å². The molecule has 0 saturated carbocycles. The highest BCUT2D eigenvalue weighted by molar-refractivity contribution is 5.95. The van der Waals surface area contributed by atoms with Gasteiger partial charge in [0, 0.05) is 12.5 Å². The highest BCUT2D eigenvalue weighted by atomic mass is 19.1. The van der Waals surface area contributed by atoms with E-state index in [-0.39, 0.29) is 24.1 Å². The number of Topliss-reactive ketones (excluding diaryl/α,β-unsaturated/α-hetero) is 1. The van der Waals surface area contributed by atoms with Gasteiger partial charge in [0.2, 0.25) is 0 Å². The zero-order chi connectivity index (χ0) is 20.9. The zero-order valence-electron chi connectivity index (χ0n) is 17.3. The monoisotopic (exact) mass is 389 g/mol. The molecule has 0 spiro atoms. The summed E-state index contributed by atoms with van der Waals surface area (Å²) in [4.78, 5) is 16.1. The molecule has 29 heavy (non-hydrogen) atoms. The molecule has 0 saturated heterocycles. The number of rotatable bonds is 8.